The molecule has 25 heavy (non-hydrogen) atoms. The lowest BCUT2D eigenvalue weighted by molar-refractivity contribution is -0.116. The lowest BCUT2D eigenvalue weighted by Crippen LogP contribution is -2.32. The number of furan rings is 1. The third-order valence-electron chi connectivity index (χ3n) is 4.56. The van der Waals surface area contributed by atoms with Crippen LogP contribution in [-0.4, -0.2) is 21.5 Å². The maximum absolute atomic E-state index is 12.8. The number of carbonyl (C=O) groups is 1. The summed E-state index contributed by atoms with van der Waals surface area (Å²) in [5, 5.41) is 3.83. The summed E-state index contributed by atoms with van der Waals surface area (Å²) >= 11 is 1.48. The minimum absolute atomic E-state index is 0.0739. The Morgan fingerprint density at radius 1 is 1.32 bits per heavy atom. The summed E-state index contributed by atoms with van der Waals surface area (Å²) in [4.78, 5) is 32.8. The van der Waals surface area contributed by atoms with Gasteiger partial charge in [0.2, 0.25) is 0 Å². The molecule has 0 aromatic carbocycles. The highest BCUT2D eigenvalue weighted by Gasteiger charge is 2.39. The minimum Gasteiger partial charge on any atom is -0.465 e. The van der Waals surface area contributed by atoms with E-state index in [9.17, 15) is 9.59 Å². The molecular formula is C18H19N3O3S. The molecule has 1 aliphatic carbocycles. The van der Waals surface area contributed by atoms with Crippen molar-refractivity contribution >= 4 is 23.4 Å². The predicted octanol–water partition coefficient (Wildman–Crippen LogP) is 3.35. The van der Waals surface area contributed by atoms with Crippen molar-refractivity contribution in [1.29, 1.82) is 0 Å². The first kappa shape index (κ1) is 16.2. The van der Waals surface area contributed by atoms with E-state index in [-0.39, 0.29) is 11.3 Å². The topological polar surface area (TPSA) is 88.0 Å². The average molecular weight is 357 g/mol. The molecule has 0 saturated heterocycles. The number of rotatable bonds is 3. The zero-order chi connectivity index (χ0) is 17.6. The molecule has 130 valence electrons. The van der Waals surface area contributed by atoms with Crippen LogP contribution in [0.3, 0.4) is 0 Å². The predicted molar refractivity (Wildman–Crippen MR) is 96.1 cm³/mol. The van der Waals surface area contributed by atoms with Gasteiger partial charge in [0.1, 0.15) is 17.3 Å². The first-order chi connectivity index (χ1) is 12.1. The van der Waals surface area contributed by atoms with Crippen LogP contribution in [0.5, 0.6) is 0 Å². The quantitative estimate of drug-likeness (QED) is 0.647. The number of allylic oxidation sites excluding steroid dienone is 2. The van der Waals surface area contributed by atoms with Crippen LogP contribution in [0, 0.1) is 6.92 Å². The Labute approximate surface area is 149 Å². The lowest BCUT2D eigenvalue weighted by Gasteiger charge is -2.31. The molecule has 6 nitrogen and oxygen atoms in total. The molecule has 2 N–H and O–H groups in total. The number of aromatic nitrogens is 2. The summed E-state index contributed by atoms with van der Waals surface area (Å²) in [6.07, 6.45) is 2.09. The summed E-state index contributed by atoms with van der Waals surface area (Å²) in [6, 6.07) is 3.70. The van der Waals surface area contributed by atoms with Crippen LogP contribution in [-0.2, 0) is 4.79 Å². The van der Waals surface area contributed by atoms with Gasteiger partial charge in [-0.2, -0.15) is 0 Å². The Kier molecular flexibility index (Phi) is 4.03. The number of hydrogen-bond donors (Lipinski definition) is 2. The van der Waals surface area contributed by atoms with Crippen LogP contribution in [0.2, 0.25) is 0 Å². The van der Waals surface area contributed by atoms with E-state index in [1.807, 2.05) is 26.0 Å². The van der Waals surface area contributed by atoms with Crippen molar-refractivity contribution in [3.63, 3.8) is 0 Å². The molecule has 0 spiro atoms. The Morgan fingerprint density at radius 2 is 2.16 bits per heavy atom. The van der Waals surface area contributed by atoms with Gasteiger partial charge in [-0.3, -0.25) is 9.59 Å². The molecule has 2 aromatic heterocycles. The number of nitrogens with one attached hydrogen (secondary N) is 2. The number of anilines is 1. The van der Waals surface area contributed by atoms with E-state index < -0.39 is 5.92 Å². The smallest absolute Gasteiger partial charge is 0.257 e. The highest BCUT2D eigenvalue weighted by molar-refractivity contribution is 7.99. The number of fused-ring (bicyclic) bond motifs is 1. The second-order valence-corrected chi connectivity index (χ2v) is 7.49. The van der Waals surface area contributed by atoms with Crippen molar-refractivity contribution in [2.45, 2.75) is 44.2 Å². The maximum Gasteiger partial charge on any atom is 0.257 e. The number of aromatic amines is 1. The monoisotopic (exact) mass is 357 g/mol. The number of ketones is 1. The molecule has 7 heteroatoms. The van der Waals surface area contributed by atoms with Gasteiger partial charge in [0.15, 0.2) is 10.9 Å². The molecule has 0 amide bonds. The van der Waals surface area contributed by atoms with Gasteiger partial charge in [-0.05, 0) is 37.7 Å². The normalized spacial score (nSPS) is 19.4. The van der Waals surface area contributed by atoms with Crippen LogP contribution in [0.25, 0.3) is 0 Å². The fourth-order valence-electron chi connectivity index (χ4n) is 3.54. The number of hydrogen-bond acceptors (Lipinski definition) is 6. The van der Waals surface area contributed by atoms with Crippen molar-refractivity contribution in [2.75, 3.05) is 11.1 Å². The van der Waals surface area contributed by atoms with E-state index in [2.05, 4.69) is 15.3 Å². The average Bonchev–Trinajstić information content (AvgIpc) is 3.00. The van der Waals surface area contributed by atoms with E-state index in [1.54, 1.807) is 0 Å². The van der Waals surface area contributed by atoms with Crippen molar-refractivity contribution in [3.05, 3.63) is 50.8 Å². The fraction of sp³-hybridized carbons (Fsp3) is 0.389. The SMILES string of the molecule is CCSc1nc2c(c(=O)[nH]1)[C@H](c1ccc(C)o1)C1=C(CCCC1=O)N2. The molecule has 2 aromatic rings. The highest BCUT2D eigenvalue weighted by atomic mass is 32.2. The molecular weight excluding hydrogens is 338 g/mol. The van der Waals surface area contributed by atoms with E-state index in [1.165, 1.54) is 11.8 Å². The molecule has 4 rings (SSSR count). The number of carbonyl (C=O) groups excluding carboxylic acids is 1. The van der Waals surface area contributed by atoms with E-state index in [0.717, 1.165) is 30.1 Å². The fourth-order valence-corrected chi connectivity index (χ4v) is 4.13. The molecule has 1 atom stereocenters. The van der Waals surface area contributed by atoms with Gasteiger partial charge in [-0.25, -0.2) is 4.98 Å². The molecule has 0 radical (unpaired) electrons. The van der Waals surface area contributed by atoms with Crippen LogP contribution in [0.4, 0.5) is 5.82 Å². The van der Waals surface area contributed by atoms with Gasteiger partial charge in [-0.15, -0.1) is 0 Å². The van der Waals surface area contributed by atoms with Gasteiger partial charge >= 0.3 is 0 Å². The van der Waals surface area contributed by atoms with Crippen LogP contribution >= 0.6 is 11.8 Å². The van der Waals surface area contributed by atoms with Gasteiger partial charge in [0, 0.05) is 17.7 Å². The number of thioether (sulfide) groups is 1. The Morgan fingerprint density at radius 3 is 2.88 bits per heavy atom. The number of H-pyrrole nitrogens is 1. The lowest BCUT2D eigenvalue weighted by atomic mass is 9.79. The molecule has 0 saturated carbocycles. The first-order valence-corrected chi connectivity index (χ1v) is 9.43. The van der Waals surface area contributed by atoms with Crippen molar-refractivity contribution in [2.24, 2.45) is 0 Å². The third kappa shape index (κ3) is 2.72. The summed E-state index contributed by atoms with van der Waals surface area (Å²) in [5.41, 5.74) is 1.76. The van der Waals surface area contributed by atoms with Crippen LogP contribution in [0.15, 0.2) is 37.8 Å². The Hall–Kier alpha value is -2.28. The summed E-state index contributed by atoms with van der Waals surface area (Å²) in [6.45, 7) is 3.86. The van der Waals surface area contributed by atoms with E-state index >= 15 is 0 Å². The van der Waals surface area contributed by atoms with E-state index in [0.29, 0.717) is 34.3 Å². The number of aryl methyl sites for hydroxylation is 1. The third-order valence-corrected chi connectivity index (χ3v) is 5.32. The maximum atomic E-state index is 12.8. The van der Waals surface area contributed by atoms with Gasteiger partial charge in [0.05, 0.1) is 11.5 Å². The van der Waals surface area contributed by atoms with Gasteiger partial charge in [-0.1, -0.05) is 18.7 Å². The van der Waals surface area contributed by atoms with E-state index in [4.69, 9.17) is 4.42 Å². The van der Waals surface area contributed by atoms with Crippen molar-refractivity contribution in [3.8, 4) is 0 Å². The molecule has 0 fully saturated rings. The Bertz CT molecular complexity index is 941. The largest absolute Gasteiger partial charge is 0.465 e. The number of nitrogens with zero attached hydrogens (tertiary/aromatic N) is 1. The Balaban J connectivity index is 1.94. The second kappa shape index (κ2) is 6.22. The zero-order valence-electron chi connectivity index (χ0n) is 14.1. The standard InChI is InChI=1S/C18H19N3O3S/c1-3-25-18-20-16-15(17(23)21-18)14(12-8-7-9(2)24-12)13-10(19-16)5-4-6-11(13)22/h7-8,14H,3-6H2,1-2H3,(H2,19,20,21,23)/t14-/m1/s1. The highest BCUT2D eigenvalue weighted by Crippen LogP contribution is 2.43. The summed E-state index contributed by atoms with van der Waals surface area (Å²) in [5.74, 6) is 2.30. The summed E-state index contributed by atoms with van der Waals surface area (Å²) < 4.78 is 5.81. The summed E-state index contributed by atoms with van der Waals surface area (Å²) in [7, 11) is 0. The molecule has 3 heterocycles. The zero-order valence-corrected chi connectivity index (χ0v) is 15.0. The van der Waals surface area contributed by atoms with Crippen LogP contribution in [0.1, 0.15) is 49.2 Å². The molecule has 0 bridgehead atoms. The van der Waals surface area contributed by atoms with Crippen molar-refractivity contribution in [1.82, 2.24) is 9.97 Å². The van der Waals surface area contributed by atoms with Crippen LogP contribution < -0.4 is 10.9 Å². The minimum atomic E-state index is -0.496. The first-order valence-electron chi connectivity index (χ1n) is 8.45. The molecule has 2 aliphatic rings. The number of Topliss-reactive ketones (excluding diaryl/α,β-unsaturated/α-hetero) is 1. The molecule has 0 unspecified atom stereocenters. The molecule has 1 aliphatic heterocycles. The van der Waals surface area contributed by atoms with Gasteiger partial charge in [0.25, 0.3) is 5.56 Å². The second-order valence-electron chi connectivity index (χ2n) is 6.24. The van der Waals surface area contributed by atoms with Gasteiger partial charge < -0.3 is 14.7 Å². The van der Waals surface area contributed by atoms with Crippen molar-refractivity contribution < 1.29 is 9.21 Å².